The molecule has 29 heavy (non-hydrogen) atoms. The zero-order valence-electron chi connectivity index (χ0n) is 19.1. The highest BCUT2D eigenvalue weighted by atomic mass is 127. The first-order valence-corrected chi connectivity index (χ1v) is 14.3. The van der Waals surface area contributed by atoms with Gasteiger partial charge < -0.3 is 5.32 Å². The smallest absolute Gasteiger partial charge is 0.220 e. The maximum Gasteiger partial charge on any atom is 0.220 e. The lowest BCUT2D eigenvalue weighted by atomic mass is 9.44. The van der Waals surface area contributed by atoms with Gasteiger partial charge in [0.05, 0.1) is 0 Å². The van der Waals surface area contributed by atoms with Crippen LogP contribution < -0.4 is 5.32 Å². The van der Waals surface area contributed by atoms with Crippen molar-refractivity contribution >= 4 is 28.5 Å². The summed E-state index contributed by atoms with van der Waals surface area (Å²) in [5, 5.41) is 3.07. The number of hydrogen-bond donors (Lipinski definition) is 1. The maximum absolute atomic E-state index is 12.1. The second kappa shape index (κ2) is 8.98. The van der Waals surface area contributed by atoms with Gasteiger partial charge in [-0.3, -0.25) is 4.79 Å². The fraction of sp³-hybridized carbons (Fsp3) is 0.962. The Bertz CT molecular complexity index is 593. The number of halogens is 1. The number of carbonyl (C=O) groups excluding carboxylic acids is 1. The summed E-state index contributed by atoms with van der Waals surface area (Å²) >= 11 is 2.33. The molecule has 1 N–H and O–H groups in total. The SMILES string of the molecule is CC(CCC(=O)NCCI)C1CCC2[C@@H]3CC[C@@H]4CCCC[C@]4(C)C3CC[C@]12C. The molecule has 4 fully saturated rings. The van der Waals surface area contributed by atoms with E-state index in [2.05, 4.69) is 48.7 Å². The van der Waals surface area contributed by atoms with Crippen molar-refractivity contribution < 1.29 is 4.79 Å². The van der Waals surface area contributed by atoms with Crippen molar-refractivity contribution in [1.29, 1.82) is 0 Å². The molecule has 0 aromatic heterocycles. The molecule has 0 radical (unpaired) electrons. The van der Waals surface area contributed by atoms with Crippen molar-refractivity contribution in [3.8, 4) is 0 Å². The van der Waals surface area contributed by atoms with Crippen LogP contribution in [0.25, 0.3) is 0 Å². The Morgan fingerprint density at radius 3 is 2.59 bits per heavy atom. The molecule has 0 bridgehead atoms. The molecule has 8 atom stereocenters. The van der Waals surface area contributed by atoms with Crippen LogP contribution in [0.3, 0.4) is 0 Å². The van der Waals surface area contributed by atoms with Crippen LogP contribution in [0, 0.1) is 46.3 Å². The van der Waals surface area contributed by atoms with Gasteiger partial charge >= 0.3 is 0 Å². The van der Waals surface area contributed by atoms with E-state index in [-0.39, 0.29) is 5.91 Å². The maximum atomic E-state index is 12.1. The molecule has 4 unspecified atom stereocenters. The minimum atomic E-state index is 0.264. The van der Waals surface area contributed by atoms with E-state index in [1.54, 1.807) is 0 Å². The first-order valence-electron chi connectivity index (χ1n) is 12.7. The lowest BCUT2D eigenvalue weighted by molar-refractivity contribution is -0.122. The summed E-state index contributed by atoms with van der Waals surface area (Å²) in [5.74, 6) is 5.78. The van der Waals surface area contributed by atoms with Gasteiger partial charge in [0, 0.05) is 17.4 Å². The van der Waals surface area contributed by atoms with Crippen LogP contribution in [0.5, 0.6) is 0 Å². The highest BCUT2D eigenvalue weighted by molar-refractivity contribution is 14.1. The van der Waals surface area contributed by atoms with Crippen molar-refractivity contribution in [2.24, 2.45) is 46.3 Å². The zero-order chi connectivity index (χ0) is 20.6. The van der Waals surface area contributed by atoms with Gasteiger partial charge in [0.1, 0.15) is 0 Å². The Morgan fingerprint density at radius 1 is 1.00 bits per heavy atom. The molecule has 0 heterocycles. The lowest BCUT2D eigenvalue weighted by Gasteiger charge is -2.61. The lowest BCUT2D eigenvalue weighted by Crippen LogP contribution is -2.53. The fourth-order valence-corrected chi connectivity index (χ4v) is 9.38. The zero-order valence-corrected chi connectivity index (χ0v) is 21.3. The van der Waals surface area contributed by atoms with Crippen molar-refractivity contribution in [2.45, 2.75) is 97.8 Å². The third kappa shape index (κ3) is 4.04. The van der Waals surface area contributed by atoms with E-state index in [1.165, 1.54) is 64.2 Å². The second-order valence-electron chi connectivity index (χ2n) is 11.7. The van der Waals surface area contributed by atoms with Gasteiger partial charge in [0.25, 0.3) is 0 Å². The molecule has 0 saturated heterocycles. The van der Waals surface area contributed by atoms with Gasteiger partial charge in [-0.2, -0.15) is 0 Å². The quantitative estimate of drug-likeness (QED) is 0.301. The third-order valence-corrected chi connectivity index (χ3v) is 11.1. The number of nitrogens with one attached hydrogen (secondary N) is 1. The Labute approximate surface area is 193 Å². The first kappa shape index (κ1) is 22.4. The highest BCUT2D eigenvalue weighted by Gasteiger charge is 2.60. The van der Waals surface area contributed by atoms with Gasteiger partial charge in [-0.05, 0) is 104 Å². The second-order valence-corrected chi connectivity index (χ2v) is 12.8. The Morgan fingerprint density at radius 2 is 1.79 bits per heavy atom. The summed E-state index contributed by atoms with van der Waals surface area (Å²) in [7, 11) is 0. The minimum absolute atomic E-state index is 0.264. The molecule has 166 valence electrons. The van der Waals surface area contributed by atoms with Crippen LogP contribution in [-0.2, 0) is 4.79 Å². The van der Waals surface area contributed by atoms with E-state index in [0.29, 0.717) is 16.7 Å². The molecule has 0 spiro atoms. The largest absolute Gasteiger partial charge is 0.355 e. The average Bonchev–Trinajstić information content (AvgIpc) is 3.07. The van der Waals surface area contributed by atoms with Crippen LogP contribution in [0.2, 0.25) is 0 Å². The van der Waals surface area contributed by atoms with E-state index in [9.17, 15) is 4.79 Å². The predicted molar refractivity (Wildman–Crippen MR) is 130 cm³/mol. The van der Waals surface area contributed by atoms with Crippen molar-refractivity contribution in [3.63, 3.8) is 0 Å². The first-order chi connectivity index (χ1) is 13.9. The molecule has 4 aliphatic carbocycles. The summed E-state index contributed by atoms with van der Waals surface area (Å²) in [5.41, 5.74) is 1.19. The summed E-state index contributed by atoms with van der Waals surface area (Å²) in [6.45, 7) is 8.63. The van der Waals surface area contributed by atoms with Crippen LogP contribution in [0.1, 0.15) is 97.8 Å². The molecule has 4 rings (SSSR count). The standard InChI is InChI=1S/C26H44INO/c1-18(7-12-24(29)28-17-16-27)21-10-11-22-20-9-8-19-6-4-5-14-25(19,2)23(20)13-15-26(21,22)3/h18-23H,4-17H2,1-3H3,(H,28,29)/t18?,19-,20-,21?,22?,23?,25-,26+/m0/s1. The third-order valence-electron chi connectivity index (χ3n) is 10.6. The van der Waals surface area contributed by atoms with Crippen LogP contribution >= 0.6 is 22.6 Å². The molecule has 4 aliphatic rings. The summed E-state index contributed by atoms with van der Waals surface area (Å²) < 4.78 is 1.00. The topological polar surface area (TPSA) is 29.1 Å². The molecule has 0 aromatic carbocycles. The normalized spacial score (nSPS) is 45.0. The van der Waals surface area contributed by atoms with Crippen LogP contribution in [-0.4, -0.2) is 16.9 Å². The van der Waals surface area contributed by atoms with E-state index in [4.69, 9.17) is 0 Å². The average molecular weight is 514 g/mol. The monoisotopic (exact) mass is 513 g/mol. The summed E-state index contributed by atoms with van der Waals surface area (Å²) in [4.78, 5) is 12.1. The number of fused-ring (bicyclic) bond motifs is 5. The minimum Gasteiger partial charge on any atom is -0.355 e. The van der Waals surface area contributed by atoms with Gasteiger partial charge in [-0.1, -0.05) is 56.2 Å². The molecule has 1 amide bonds. The molecule has 3 heteroatoms. The Kier molecular flexibility index (Phi) is 6.94. The van der Waals surface area contributed by atoms with Gasteiger partial charge in [0.15, 0.2) is 0 Å². The van der Waals surface area contributed by atoms with Crippen LogP contribution in [0.4, 0.5) is 0 Å². The van der Waals surface area contributed by atoms with Crippen molar-refractivity contribution in [3.05, 3.63) is 0 Å². The van der Waals surface area contributed by atoms with Crippen molar-refractivity contribution in [2.75, 3.05) is 11.0 Å². The fourth-order valence-electron chi connectivity index (χ4n) is 9.11. The molecule has 0 aliphatic heterocycles. The number of carbonyl (C=O) groups is 1. The van der Waals surface area contributed by atoms with E-state index in [0.717, 1.165) is 53.4 Å². The molecule has 2 nitrogen and oxygen atoms in total. The number of hydrogen-bond acceptors (Lipinski definition) is 1. The number of amides is 1. The summed E-state index contributed by atoms with van der Waals surface area (Å²) in [6.07, 6.45) is 16.7. The number of rotatable bonds is 6. The predicted octanol–water partition coefficient (Wildman–Crippen LogP) is 7.00. The van der Waals surface area contributed by atoms with E-state index >= 15 is 0 Å². The highest BCUT2D eigenvalue weighted by Crippen LogP contribution is 2.68. The molecular formula is C26H44INO. The Balaban J connectivity index is 1.42. The molecule has 0 aromatic rings. The number of alkyl halides is 1. The van der Waals surface area contributed by atoms with Gasteiger partial charge in [-0.25, -0.2) is 0 Å². The van der Waals surface area contributed by atoms with E-state index < -0.39 is 0 Å². The van der Waals surface area contributed by atoms with E-state index in [1.807, 2.05) is 0 Å². The van der Waals surface area contributed by atoms with Gasteiger partial charge in [-0.15, -0.1) is 0 Å². The van der Waals surface area contributed by atoms with Crippen molar-refractivity contribution in [1.82, 2.24) is 5.32 Å². The molecular weight excluding hydrogens is 469 g/mol. The molecule has 4 saturated carbocycles. The van der Waals surface area contributed by atoms with Crippen LogP contribution in [0.15, 0.2) is 0 Å². The van der Waals surface area contributed by atoms with Gasteiger partial charge in [0.2, 0.25) is 5.91 Å². The Hall–Kier alpha value is 0.200. The summed E-state index contributed by atoms with van der Waals surface area (Å²) in [6, 6.07) is 0.